The number of likely N-dealkylation sites (N-methyl/N-ethyl adjacent to an activating group) is 2. The van der Waals surface area contributed by atoms with Crippen LogP contribution in [-0.4, -0.2) is 54.6 Å². The molecule has 0 unspecified atom stereocenters. The molecule has 1 fully saturated rings. The zero-order chi connectivity index (χ0) is 21.3. The van der Waals surface area contributed by atoms with Crippen LogP contribution in [0.2, 0.25) is 0 Å². The second kappa shape index (κ2) is 6.43. The molecule has 3 aliphatic heterocycles. The standard InChI is InChI=1S/C23H22N2O4S/c1-4-29-20(27)16-13-24(2)22(15-10-6-7-11-17(15)25(3)21(22)28)23(16)19(26)14-9-5-8-12-18(14)30-23/h5-12,16H,4,13H2,1-3H3/t16-,22-,23-/m0/s1. The molecule has 30 heavy (non-hydrogen) atoms. The van der Waals surface area contributed by atoms with Crippen LogP contribution in [-0.2, 0) is 19.9 Å². The molecule has 3 heterocycles. The molecule has 5 rings (SSSR count). The number of carbonyl (C=O) groups excluding carboxylic acids is 3. The predicted molar refractivity (Wildman–Crippen MR) is 114 cm³/mol. The minimum absolute atomic E-state index is 0.177. The molecule has 0 aromatic heterocycles. The summed E-state index contributed by atoms with van der Waals surface area (Å²) in [6.45, 7) is 2.24. The Labute approximate surface area is 179 Å². The maximum absolute atomic E-state index is 14.1. The number of fused-ring (bicyclic) bond motifs is 4. The van der Waals surface area contributed by atoms with Gasteiger partial charge in [-0.3, -0.25) is 19.3 Å². The summed E-state index contributed by atoms with van der Waals surface area (Å²) >= 11 is 1.35. The van der Waals surface area contributed by atoms with E-state index in [1.54, 1.807) is 24.9 Å². The molecule has 0 radical (unpaired) electrons. The first kappa shape index (κ1) is 19.3. The van der Waals surface area contributed by atoms with Gasteiger partial charge in [-0.15, -0.1) is 11.8 Å². The fraction of sp³-hybridized carbons (Fsp3) is 0.348. The highest BCUT2D eigenvalue weighted by Crippen LogP contribution is 2.66. The van der Waals surface area contributed by atoms with Gasteiger partial charge in [0, 0.05) is 35.3 Å². The number of Topliss-reactive ketones (excluding diaryl/α,β-unsaturated/α-hetero) is 1. The Balaban J connectivity index is 1.83. The number of esters is 1. The summed E-state index contributed by atoms with van der Waals surface area (Å²) in [5.74, 6) is -1.57. The van der Waals surface area contributed by atoms with Crippen molar-refractivity contribution in [2.45, 2.75) is 22.1 Å². The number of thioether (sulfide) groups is 1. The Morgan fingerprint density at radius 1 is 1.13 bits per heavy atom. The Morgan fingerprint density at radius 3 is 2.57 bits per heavy atom. The summed E-state index contributed by atoms with van der Waals surface area (Å²) in [7, 11) is 3.55. The highest BCUT2D eigenvalue weighted by atomic mass is 32.2. The van der Waals surface area contributed by atoms with Crippen LogP contribution in [0.25, 0.3) is 0 Å². The summed E-state index contributed by atoms with van der Waals surface area (Å²) in [6.07, 6.45) is 0. The van der Waals surface area contributed by atoms with E-state index >= 15 is 0 Å². The Bertz CT molecular complexity index is 1100. The van der Waals surface area contributed by atoms with Crippen LogP contribution >= 0.6 is 11.8 Å². The SMILES string of the molecule is CCOC(=O)[C@@H]1CN(C)[C@@]2(C(=O)N(C)c3ccccc32)[C@]12Sc1ccccc1C2=O. The third-order valence-electron chi connectivity index (χ3n) is 6.64. The average molecular weight is 423 g/mol. The van der Waals surface area contributed by atoms with Crippen molar-refractivity contribution < 1.29 is 19.1 Å². The van der Waals surface area contributed by atoms with Crippen molar-refractivity contribution in [2.24, 2.45) is 5.92 Å². The molecule has 1 amide bonds. The summed E-state index contributed by atoms with van der Waals surface area (Å²) in [6, 6.07) is 14.9. The van der Waals surface area contributed by atoms with Crippen molar-refractivity contribution in [3.63, 3.8) is 0 Å². The number of hydrogen-bond acceptors (Lipinski definition) is 6. The second-order valence-electron chi connectivity index (χ2n) is 7.94. The number of para-hydroxylation sites is 1. The van der Waals surface area contributed by atoms with Crippen molar-refractivity contribution in [3.8, 4) is 0 Å². The van der Waals surface area contributed by atoms with E-state index in [9.17, 15) is 14.4 Å². The number of rotatable bonds is 2. The van der Waals surface area contributed by atoms with E-state index in [2.05, 4.69) is 0 Å². The van der Waals surface area contributed by atoms with Gasteiger partial charge < -0.3 is 9.64 Å². The van der Waals surface area contributed by atoms with Crippen molar-refractivity contribution in [3.05, 3.63) is 59.7 Å². The van der Waals surface area contributed by atoms with Gasteiger partial charge in [-0.25, -0.2) is 0 Å². The number of ether oxygens (including phenoxy) is 1. The highest BCUT2D eigenvalue weighted by Gasteiger charge is 2.78. The molecule has 1 saturated heterocycles. The fourth-order valence-corrected chi connectivity index (χ4v) is 7.24. The lowest BCUT2D eigenvalue weighted by molar-refractivity contribution is -0.148. The van der Waals surface area contributed by atoms with Crippen molar-refractivity contribution in [1.29, 1.82) is 0 Å². The molecule has 0 saturated carbocycles. The maximum atomic E-state index is 14.1. The maximum Gasteiger partial charge on any atom is 0.312 e. The lowest BCUT2D eigenvalue weighted by Gasteiger charge is -2.42. The van der Waals surface area contributed by atoms with E-state index < -0.39 is 22.2 Å². The number of anilines is 1. The second-order valence-corrected chi connectivity index (χ2v) is 9.23. The lowest BCUT2D eigenvalue weighted by Crippen LogP contribution is -2.62. The van der Waals surface area contributed by atoms with Crippen molar-refractivity contribution in [1.82, 2.24) is 4.90 Å². The number of hydrogen-bond donors (Lipinski definition) is 0. The smallest absolute Gasteiger partial charge is 0.312 e. The minimum Gasteiger partial charge on any atom is -0.466 e. The Morgan fingerprint density at radius 2 is 1.83 bits per heavy atom. The summed E-state index contributed by atoms with van der Waals surface area (Å²) < 4.78 is 4.08. The molecule has 2 spiro atoms. The molecule has 3 aliphatic rings. The molecule has 7 heteroatoms. The lowest BCUT2D eigenvalue weighted by atomic mass is 9.71. The van der Waals surface area contributed by atoms with Gasteiger partial charge in [0.05, 0.1) is 12.5 Å². The van der Waals surface area contributed by atoms with E-state index in [-0.39, 0.29) is 24.8 Å². The molecule has 2 aromatic rings. The van der Waals surface area contributed by atoms with Crippen LogP contribution < -0.4 is 4.90 Å². The van der Waals surface area contributed by atoms with Crippen LogP contribution in [0.5, 0.6) is 0 Å². The van der Waals surface area contributed by atoms with Crippen LogP contribution in [0.1, 0.15) is 22.8 Å². The first-order valence-electron chi connectivity index (χ1n) is 9.99. The predicted octanol–water partition coefficient (Wildman–Crippen LogP) is 2.71. The monoisotopic (exact) mass is 422 g/mol. The van der Waals surface area contributed by atoms with Gasteiger partial charge in [-0.2, -0.15) is 0 Å². The number of ketones is 1. The molecule has 0 bridgehead atoms. The average Bonchev–Trinajstić information content (AvgIpc) is 3.28. The summed E-state index contributed by atoms with van der Waals surface area (Å²) in [5.41, 5.74) is 0.811. The first-order valence-corrected chi connectivity index (χ1v) is 10.8. The third kappa shape index (κ3) is 2.02. The molecule has 154 valence electrons. The molecule has 2 aromatic carbocycles. The van der Waals surface area contributed by atoms with Gasteiger partial charge in [0.15, 0.2) is 11.3 Å². The van der Waals surface area contributed by atoms with E-state index in [0.29, 0.717) is 5.56 Å². The van der Waals surface area contributed by atoms with Crippen molar-refractivity contribution >= 4 is 35.1 Å². The molecular weight excluding hydrogens is 400 g/mol. The third-order valence-corrected chi connectivity index (χ3v) is 8.30. The molecule has 0 aliphatic carbocycles. The first-order chi connectivity index (χ1) is 14.4. The number of carbonyl (C=O) groups is 3. The van der Waals surface area contributed by atoms with Gasteiger partial charge in [-0.05, 0) is 26.1 Å². The zero-order valence-corrected chi connectivity index (χ0v) is 17.9. The van der Waals surface area contributed by atoms with Gasteiger partial charge in [0.1, 0.15) is 4.75 Å². The number of nitrogens with zero attached hydrogens (tertiary/aromatic N) is 2. The Hall–Kier alpha value is -2.64. The summed E-state index contributed by atoms with van der Waals surface area (Å²) in [5, 5.41) is 0. The zero-order valence-electron chi connectivity index (χ0n) is 17.0. The van der Waals surface area contributed by atoms with Gasteiger partial charge in [0.2, 0.25) is 0 Å². The van der Waals surface area contributed by atoms with Crippen LogP contribution in [0.3, 0.4) is 0 Å². The molecular formula is C23H22N2O4S. The number of likely N-dealkylation sites (tertiary alicyclic amines) is 1. The fourth-order valence-electron chi connectivity index (χ4n) is 5.46. The number of amides is 1. The van der Waals surface area contributed by atoms with Gasteiger partial charge in [-0.1, -0.05) is 36.4 Å². The van der Waals surface area contributed by atoms with E-state index in [1.165, 1.54) is 11.8 Å². The summed E-state index contributed by atoms with van der Waals surface area (Å²) in [4.78, 5) is 45.5. The molecule has 6 nitrogen and oxygen atoms in total. The van der Waals surface area contributed by atoms with E-state index in [4.69, 9.17) is 4.74 Å². The van der Waals surface area contributed by atoms with Crippen LogP contribution in [0.15, 0.2) is 53.4 Å². The topological polar surface area (TPSA) is 66.9 Å². The number of benzene rings is 2. The van der Waals surface area contributed by atoms with Gasteiger partial charge >= 0.3 is 5.97 Å². The quantitative estimate of drug-likeness (QED) is 0.694. The van der Waals surface area contributed by atoms with Gasteiger partial charge in [0.25, 0.3) is 5.91 Å². The molecule has 3 atom stereocenters. The van der Waals surface area contributed by atoms with E-state index in [0.717, 1.165) is 16.1 Å². The van der Waals surface area contributed by atoms with Crippen molar-refractivity contribution in [2.75, 3.05) is 32.1 Å². The Kier molecular flexibility index (Phi) is 4.14. The highest BCUT2D eigenvalue weighted by molar-refractivity contribution is 8.02. The molecule has 0 N–H and O–H groups in total. The minimum atomic E-state index is -1.32. The van der Waals surface area contributed by atoms with E-state index in [1.807, 2.05) is 54.4 Å². The normalized spacial score (nSPS) is 29.7. The largest absolute Gasteiger partial charge is 0.466 e. The van der Waals surface area contributed by atoms with Crippen LogP contribution in [0.4, 0.5) is 5.69 Å². The van der Waals surface area contributed by atoms with Crippen LogP contribution in [0, 0.1) is 5.92 Å².